The molecule has 3 aromatic rings. The lowest BCUT2D eigenvalue weighted by atomic mass is 10.1. The molecule has 0 unspecified atom stereocenters. The topological polar surface area (TPSA) is 62.3 Å². The van der Waals surface area contributed by atoms with E-state index in [0.717, 1.165) is 16.0 Å². The number of halogens is 2. The van der Waals surface area contributed by atoms with Crippen molar-refractivity contribution < 1.29 is 9.59 Å². The molecule has 0 saturated carbocycles. The molecule has 2 heterocycles. The van der Waals surface area contributed by atoms with Gasteiger partial charge in [0.15, 0.2) is 5.13 Å². The van der Waals surface area contributed by atoms with Gasteiger partial charge in [-0.3, -0.25) is 14.5 Å². The molecule has 2 amide bonds. The molecule has 0 aliphatic carbocycles. The van der Waals surface area contributed by atoms with Gasteiger partial charge in [0.25, 0.3) is 5.91 Å². The molecule has 5 nitrogen and oxygen atoms in total. The van der Waals surface area contributed by atoms with Crippen LogP contribution in [-0.4, -0.2) is 32.6 Å². The zero-order valence-electron chi connectivity index (χ0n) is 17.1. The molecular weight excluding hydrogens is 517 g/mol. The highest BCUT2D eigenvalue weighted by molar-refractivity contribution is 8.26. The number of thiazole rings is 1. The van der Waals surface area contributed by atoms with Crippen molar-refractivity contribution in [2.24, 2.45) is 0 Å². The van der Waals surface area contributed by atoms with Crippen LogP contribution < -0.4 is 5.32 Å². The number of benzene rings is 2. The van der Waals surface area contributed by atoms with Gasteiger partial charge in [-0.25, -0.2) is 4.98 Å². The number of nitrogens with zero attached hydrogens (tertiary/aromatic N) is 2. The van der Waals surface area contributed by atoms with E-state index in [-0.39, 0.29) is 24.8 Å². The second-order valence-corrected chi connectivity index (χ2v) is 10.7. The molecule has 0 radical (unpaired) electrons. The third-order valence-electron chi connectivity index (χ3n) is 4.73. The van der Waals surface area contributed by atoms with Crippen molar-refractivity contribution in [2.75, 3.05) is 11.9 Å². The minimum atomic E-state index is -0.232. The molecule has 1 fully saturated rings. The van der Waals surface area contributed by atoms with Crippen molar-refractivity contribution in [1.82, 2.24) is 9.88 Å². The Kier molecular flexibility index (Phi) is 7.82. The fourth-order valence-corrected chi connectivity index (χ4v) is 5.56. The molecule has 0 bridgehead atoms. The van der Waals surface area contributed by atoms with Crippen LogP contribution >= 0.6 is 58.5 Å². The van der Waals surface area contributed by atoms with Gasteiger partial charge in [0.1, 0.15) is 4.32 Å². The molecule has 1 aliphatic rings. The van der Waals surface area contributed by atoms with Gasteiger partial charge in [0.2, 0.25) is 5.91 Å². The van der Waals surface area contributed by atoms with Gasteiger partial charge >= 0.3 is 0 Å². The van der Waals surface area contributed by atoms with Crippen LogP contribution in [0.25, 0.3) is 6.08 Å². The SMILES string of the molecule is O=C(CCN1C(=O)/C(=C\c2ccc(Cl)cc2)SC1=S)Nc1ncc(Cc2ccccc2Cl)s1. The Morgan fingerprint density at radius 3 is 2.67 bits per heavy atom. The third kappa shape index (κ3) is 6.22. The lowest BCUT2D eigenvalue weighted by Crippen LogP contribution is -2.31. The van der Waals surface area contributed by atoms with E-state index in [1.165, 1.54) is 28.0 Å². The maximum Gasteiger partial charge on any atom is 0.266 e. The summed E-state index contributed by atoms with van der Waals surface area (Å²) >= 11 is 20.1. The normalized spacial score (nSPS) is 14.8. The lowest BCUT2D eigenvalue weighted by molar-refractivity contribution is -0.122. The summed E-state index contributed by atoms with van der Waals surface area (Å²) in [5, 5.41) is 4.63. The Morgan fingerprint density at radius 1 is 1.15 bits per heavy atom. The zero-order valence-corrected chi connectivity index (χ0v) is 21.0. The van der Waals surface area contributed by atoms with Crippen LogP contribution in [0.5, 0.6) is 0 Å². The Bertz CT molecular complexity index is 1240. The van der Waals surface area contributed by atoms with Crippen LogP contribution in [0.3, 0.4) is 0 Å². The number of anilines is 1. The van der Waals surface area contributed by atoms with Crippen LogP contribution in [0.1, 0.15) is 22.4 Å². The summed E-state index contributed by atoms with van der Waals surface area (Å²) < 4.78 is 0.435. The fourth-order valence-electron chi connectivity index (χ4n) is 3.07. The van der Waals surface area contributed by atoms with Crippen molar-refractivity contribution in [3.8, 4) is 0 Å². The maximum absolute atomic E-state index is 12.7. The summed E-state index contributed by atoms with van der Waals surface area (Å²) in [6, 6.07) is 14.8. The number of thioether (sulfide) groups is 1. The van der Waals surface area contributed by atoms with E-state index in [9.17, 15) is 9.59 Å². The molecule has 0 atom stereocenters. The first-order valence-corrected chi connectivity index (χ1v) is 12.7. The first-order valence-electron chi connectivity index (χ1n) is 9.88. The number of amides is 2. The van der Waals surface area contributed by atoms with Gasteiger partial charge < -0.3 is 5.32 Å². The fraction of sp³-hybridized carbons (Fsp3) is 0.130. The van der Waals surface area contributed by atoms with E-state index in [1.54, 1.807) is 24.4 Å². The summed E-state index contributed by atoms with van der Waals surface area (Å²) in [6.45, 7) is 0.201. The molecule has 1 aliphatic heterocycles. The first kappa shape index (κ1) is 23.9. The predicted octanol–water partition coefficient (Wildman–Crippen LogP) is 6.27. The monoisotopic (exact) mass is 533 g/mol. The second kappa shape index (κ2) is 10.8. The molecule has 1 N–H and O–H groups in total. The highest BCUT2D eigenvalue weighted by Crippen LogP contribution is 2.33. The Hall–Kier alpha value is -2.23. The first-order chi connectivity index (χ1) is 15.9. The van der Waals surface area contributed by atoms with Crippen molar-refractivity contribution >= 4 is 85.9 Å². The summed E-state index contributed by atoms with van der Waals surface area (Å²) in [7, 11) is 0. The van der Waals surface area contributed by atoms with Crippen molar-refractivity contribution in [2.45, 2.75) is 12.8 Å². The number of hydrogen-bond acceptors (Lipinski definition) is 6. The van der Waals surface area contributed by atoms with E-state index in [4.69, 9.17) is 35.4 Å². The molecule has 33 heavy (non-hydrogen) atoms. The number of carbonyl (C=O) groups is 2. The largest absolute Gasteiger partial charge is 0.302 e. The predicted molar refractivity (Wildman–Crippen MR) is 141 cm³/mol. The average Bonchev–Trinajstić information content (AvgIpc) is 3.33. The maximum atomic E-state index is 12.7. The highest BCUT2D eigenvalue weighted by Gasteiger charge is 2.32. The summed E-state index contributed by atoms with van der Waals surface area (Å²) in [6.07, 6.45) is 4.25. The van der Waals surface area contributed by atoms with E-state index in [0.29, 0.717) is 30.8 Å². The standard InChI is InChI=1S/C23H17Cl2N3O2S3/c24-16-7-5-14(6-8-16)11-19-21(30)28(23(31)33-19)10-9-20(29)27-22-26-13-17(32-22)12-15-3-1-2-4-18(15)25/h1-8,11,13H,9-10,12H2,(H,26,27,29)/b19-11+. The third-order valence-corrected chi connectivity index (χ3v) is 7.64. The molecule has 1 saturated heterocycles. The quantitative estimate of drug-likeness (QED) is 0.286. The van der Waals surface area contributed by atoms with Gasteiger partial charge in [0, 0.05) is 40.5 Å². The molecule has 168 valence electrons. The lowest BCUT2D eigenvalue weighted by Gasteiger charge is -2.13. The molecule has 0 spiro atoms. The van der Waals surface area contributed by atoms with E-state index >= 15 is 0 Å². The average molecular weight is 535 g/mol. The van der Waals surface area contributed by atoms with Gasteiger partial charge in [0.05, 0.1) is 4.91 Å². The summed E-state index contributed by atoms with van der Waals surface area (Å²) in [5.41, 5.74) is 1.86. The highest BCUT2D eigenvalue weighted by atomic mass is 35.5. The van der Waals surface area contributed by atoms with Gasteiger partial charge in [-0.1, -0.05) is 77.5 Å². The Morgan fingerprint density at radius 2 is 1.91 bits per heavy atom. The van der Waals surface area contributed by atoms with Crippen LogP contribution in [0.15, 0.2) is 59.6 Å². The van der Waals surface area contributed by atoms with Crippen LogP contribution in [-0.2, 0) is 16.0 Å². The molecule has 10 heteroatoms. The number of rotatable bonds is 7. The van der Waals surface area contributed by atoms with Gasteiger partial charge in [-0.05, 0) is 35.4 Å². The van der Waals surface area contributed by atoms with E-state index in [1.807, 2.05) is 36.4 Å². The smallest absolute Gasteiger partial charge is 0.266 e. The summed E-state index contributed by atoms with van der Waals surface area (Å²) in [5.74, 6) is -0.437. The molecule has 1 aromatic heterocycles. The van der Waals surface area contributed by atoms with E-state index in [2.05, 4.69) is 10.3 Å². The zero-order chi connectivity index (χ0) is 23.4. The molecule has 2 aromatic carbocycles. The number of thiocarbonyl (C=S) groups is 1. The number of carbonyl (C=O) groups excluding carboxylic acids is 2. The van der Waals surface area contributed by atoms with Crippen LogP contribution in [0, 0.1) is 0 Å². The van der Waals surface area contributed by atoms with Gasteiger partial charge in [-0.2, -0.15) is 0 Å². The number of nitrogens with one attached hydrogen (secondary N) is 1. The van der Waals surface area contributed by atoms with E-state index < -0.39 is 0 Å². The van der Waals surface area contributed by atoms with Crippen LogP contribution in [0.4, 0.5) is 5.13 Å². The van der Waals surface area contributed by atoms with Crippen molar-refractivity contribution in [1.29, 1.82) is 0 Å². The Balaban J connectivity index is 1.31. The van der Waals surface area contributed by atoms with Crippen molar-refractivity contribution in [3.63, 3.8) is 0 Å². The number of hydrogen-bond donors (Lipinski definition) is 1. The minimum absolute atomic E-state index is 0.111. The molecule has 4 rings (SSSR count). The molecular formula is C23H17Cl2N3O2S3. The Labute approximate surface area is 214 Å². The van der Waals surface area contributed by atoms with Crippen molar-refractivity contribution in [3.05, 3.63) is 85.7 Å². The van der Waals surface area contributed by atoms with Crippen LogP contribution in [0.2, 0.25) is 10.0 Å². The second-order valence-electron chi connectivity index (χ2n) is 7.08. The van der Waals surface area contributed by atoms with Gasteiger partial charge in [-0.15, -0.1) is 11.3 Å². The number of aromatic nitrogens is 1. The summed E-state index contributed by atoms with van der Waals surface area (Å²) in [4.78, 5) is 32.4. The minimum Gasteiger partial charge on any atom is -0.302 e.